The molecule has 1 aromatic rings. The molecule has 128 valence electrons. The van der Waals surface area contributed by atoms with Crippen molar-refractivity contribution >= 4 is 16.7 Å². The summed E-state index contributed by atoms with van der Waals surface area (Å²) in [5, 5.41) is 2.79. The van der Waals surface area contributed by atoms with E-state index in [2.05, 4.69) is 5.32 Å². The van der Waals surface area contributed by atoms with Gasteiger partial charge < -0.3 is 5.32 Å². The van der Waals surface area contributed by atoms with E-state index < -0.39 is 28.5 Å². The SMILES string of the molecule is C[C@H](Cc1c(F)cccc1F)NC(=O)C[S@](=O)C1CCCCC1. The van der Waals surface area contributed by atoms with E-state index in [1.807, 2.05) is 0 Å². The molecule has 0 aromatic heterocycles. The van der Waals surface area contributed by atoms with Gasteiger partial charge in [0.05, 0.1) is 0 Å². The first-order valence-electron chi connectivity index (χ1n) is 8.07. The van der Waals surface area contributed by atoms with Crippen LogP contribution in [0.3, 0.4) is 0 Å². The fraction of sp³-hybridized carbons (Fsp3) is 0.588. The first-order valence-corrected chi connectivity index (χ1v) is 9.45. The Morgan fingerprint density at radius 1 is 1.26 bits per heavy atom. The summed E-state index contributed by atoms with van der Waals surface area (Å²) in [4.78, 5) is 12.0. The van der Waals surface area contributed by atoms with E-state index >= 15 is 0 Å². The Labute approximate surface area is 138 Å². The standard InChI is InChI=1S/C17H23F2NO2S/c1-12(10-14-15(18)8-5-9-16(14)19)20-17(21)11-23(22)13-6-3-2-4-7-13/h5,8-9,12-13H,2-4,6-7,10-11H2,1H3,(H,20,21)/t12-,23+/m1/s1. The lowest BCUT2D eigenvalue weighted by molar-refractivity contribution is -0.119. The summed E-state index contributed by atoms with van der Waals surface area (Å²) in [6.45, 7) is 1.69. The van der Waals surface area contributed by atoms with E-state index in [4.69, 9.17) is 0 Å². The Kier molecular flexibility index (Phi) is 6.69. The lowest BCUT2D eigenvalue weighted by atomic mass is 10.0. The van der Waals surface area contributed by atoms with Gasteiger partial charge in [-0.25, -0.2) is 8.78 Å². The highest BCUT2D eigenvalue weighted by Gasteiger charge is 2.22. The van der Waals surface area contributed by atoms with E-state index in [0.29, 0.717) is 0 Å². The van der Waals surface area contributed by atoms with Crippen LogP contribution in [0.4, 0.5) is 8.78 Å². The Balaban J connectivity index is 1.83. The fourth-order valence-electron chi connectivity index (χ4n) is 2.98. The van der Waals surface area contributed by atoms with Crippen LogP contribution in [0.2, 0.25) is 0 Å². The molecule has 1 aliphatic rings. The average Bonchev–Trinajstić information content (AvgIpc) is 2.51. The molecule has 0 unspecified atom stereocenters. The molecule has 23 heavy (non-hydrogen) atoms. The Hall–Kier alpha value is -1.30. The number of halogens is 2. The normalized spacial score (nSPS) is 18.4. The highest BCUT2D eigenvalue weighted by molar-refractivity contribution is 7.86. The number of carbonyl (C=O) groups excluding carboxylic acids is 1. The molecule has 0 saturated heterocycles. The second-order valence-corrected chi connectivity index (χ2v) is 7.87. The summed E-state index contributed by atoms with van der Waals surface area (Å²) < 4.78 is 39.4. The van der Waals surface area contributed by atoms with E-state index in [-0.39, 0.29) is 28.9 Å². The summed E-state index contributed by atoms with van der Waals surface area (Å²) in [5.41, 5.74) is -0.0336. The number of carbonyl (C=O) groups is 1. The quantitative estimate of drug-likeness (QED) is 0.863. The van der Waals surface area contributed by atoms with Gasteiger partial charge >= 0.3 is 0 Å². The topological polar surface area (TPSA) is 46.2 Å². The van der Waals surface area contributed by atoms with Gasteiger partial charge in [-0.05, 0) is 38.3 Å². The first kappa shape index (κ1) is 18.0. The molecule has 6 heteroatoms. The molecule has 1 aromatic carbocycles. The number of nitrogens with one attached hydrogen (secondary N) is 1. The minimum absolute atomic E-state index is 0.0330. The highest BCUT2D eigenvalue weighted by Crippen LogP contribution is 2.22. The van der Waals surface area contributed by atoms with Crippen LogP contribution in [0.25, 0.3) is 0 Å². The molecule has 0 radical (unpaired) electrons. The molecule has 0 bridgehead atoms. The van der Waals surface area contributed by atoms with Crippen molar-refractivity contribution in [2.24, 2.45) is 0 Å². The number of amides is 1. The average molecular weight is 343 g/mol. The van der Waals surface area contributed by atoms with Crippen LogP contribution in [0.15, 0.2) is 18.2 Å². The lowest BCUT2D eigenvalue weighted by Gasteiger charge is -2.21. The van der Waals surface area contributed by atoms with Crippen molar-refractivity contribution in [1.82, 2.24) is 5.32 Å². The molecule has 1 saturated carbocycles. The Morgan fingerprint density at radius 3 is 2.48 bits per heavy atom. The second-order valence-electron chi connectivity index (χ2n) is 6.16. The van der Waals surface area contributed by atoms with Crippen molar-refractivity contribution in [2.75, 3.05) is 5.75 Å². The van der Waals surface area contributed by atoms with Gasteiger partial charge in [-0.15, -0.1) is 0 Å². The molecule has 2 rings (SSSR count). The largest absolute Gasteiger partial charge is 0.353 e. The van der Waals surface area contributed by atoms with Gasteiger partial charge in [0.2, 0.25) is 5.91 Å². The smallest absolute Gasteiger partial charge is 0.232 e. The minimum atomic E-state index is -1.17. The minimum Gasteiger partial charge on any atom is -0.353 e. The third-order valence-electron chi connectivity index (χ3n) is 4.18. The molecular formula is C17H23F2NO2S. The van der Waals surface area contributed by atoms with Crippen molar-refractivity contribution in [3.63, 3.8) is 0 Å². The van der Waals surface area contributed by atoms with Crippen molar-refractivity contribution in [1.29, 1.82) is 0 Å². The van der Waals surface area contributed by atoms with Crippen molar-refractivity contribution in [3.8, 4) is 0 Å². The molecule has 2 atom stereocenters. The van der Waals surface area contributed by atoms with Gasteiger partial charge in [0, 0.05) is 27.7 Å². The van der Waals surface area contributed by atoms with Crippen LogP contribution in [-0.2, 0) is 22.0 Å². The van der Waals surface area contributed by atoms with Crippen LogP contribution in [0, 0.1) is 11.6 Å². The Morgan fingerprint density at radius 2 is 1.87 bits per heavy atom. The molecular weight excluding hydrogens is 320 g/mol. The molecule has 1 amide bonds. The van der Waals surface area contributed by atoms with Crippen LogP contribution in [-0.4, -0.2) is 27.2 Å². The van der Waals surface area contributed by atoms with E-state index in [9.17, 15) is 17.8 Å². The summed E-state index contributed by atoms with van der Waals surface area (Å²) >= 11 is 0. The molecule has 3 nitrogen and oxygen atoms in total. The van der Waals surface area contributed by atoms with E-state index in [0.717, 1.165) is 25.7 Å². The molecule has 1 aliphatic carbocycles. The monoisotopic (exact) mass is 343 g/mol. The maximum atomic E-state index is 13.6. The van der Waals surface area contributed by atoms with Crippen LogP contribution in [0.1, 0.15) is 44.6 Å². The summed E-state index contributed by atoms with van der Waals surface area (Å²) in [6, 6.07) is 3.29. The third kappa shape index (κ3) is 5.37. The van der Waals surface area contributed by atoms with Gasteiger partial charge in [0.1, 0.15) is 17.4 Å². The number of rotatable bonds is 6. The maximum Gasteiger partial charge on any atom is 0.232 e. The fourth-order valence-corrected chi connectivity index (χ4v) is 4.41. The van der Waals surface area contributed by atoms with Crippen LogP contribution >= 0.6 is 0 Å². The lowest BCUT2D eigenvalue weighted by Crippen LogP contribution is -2.38. The predicted octanol–water partition coefficient (Wildman–Crippen LogP) is 3.09. The van der Waals surface area contributed by atoms with Crippen molar-refractivity contribution in [3.05, 3.63) is 35.4 Å². The van der Waals surface area contributed by atoms with E-state index in [1.165, 1.54) is 24.6 Å². The summed E-state index contributed by atoms with van der Waals surface area (Å²) in [6.07, 6.45) is 5.21. The van der Waals surface area contributed by atoms with E-state index in [1.54, 1.807) is 6.92 Å². The molecule has 1 fully saturated rings. The molecule has 0 aliphatic heterocycles. The van der Waals surface area contributed by atoms with Crippen LogP contribution < -0.4 is 5.32 Å². The summed E-state index contributed by atoms with van der Waals surface area (Å²) in [7, 11) is -1.17. The van der Waals surface area contributed by atoms with Crippen LogP contribution in [0.5, 0.6) is 0 Å². The van der Waals surface area contributed by atoms with Crippen molar-refractivity contribution < 1.29 is 17.8 Å². The van der Waals surface area contributed by atoms with Gasteiger partial charge in [-0.2, -0.15) is 0 Å². The summed E-state index contributed by atoms with van der Waals surface area (Å²) in [5.74, 6) is -1.58. The zero-order valence-corrected chi connectivity index (χ0v) is 14.1. The predicted molar refractivity (Wildman–Crippen MR) is 87.5 cm³/mol. The highest BCUT2D eigenvalue weighted by atomic mass is 32.2. The maximum absolute atomic E-state index is 13.6. The molecule has 0 heterocycles. The van der Waals surface area contributed by atoms with Gasteiger partial charge in [0.25, 0.3) is 0 Å². The number of hydrogen-bond donors (Lipinski definition) is 1. The Bertz CT molecular complexity index is 553. The zero-order valence-electron chi connectivity index (χ0n) is 13.3. The zero-order chi connectivity index (χ0) is 16.8. The number of benzene rings is 1. The van der Waals surface area contributed by atoms with Gasteiger partial charge in [0.15, 0.2) is 0 Å². The van der Waals surface area contributed by atoms with Crippen molar-refractivity contribution in [2.45, 2.75) is 56.7 Å². The molecule has 1 N–H and O–H groups in total. The number of hydrogen-bond acceptors (Lipinski definition) is 2. The van der Waals surface area contributed by atoms with Gasteiger partial charge in [-0.1, -0.05) is 25.3 Å². The first-order chi connectivity index (χ1) is 11.0. The van der Waals surface area contributed by atoms with Gasteiger partial charge in [-0.3, -0.25) is 9.00 Å². The second kappa shape index (κ2) is 8.52. The third-order valence-corrected chi connectivity index (χ3v) is 5.94. The molecule has 0 spiro atoms.